The first kappa shape index (κ1) is 20.7. The Balaban J connectivity index is 1.33. The van der Waals surface area contributed by atoms with Crippen LogP contribution < -0.4 is 4.74 Å². The zero-order valence-electron chi connectivity index (χ0n) is 16.8. The summed E-state index contributed by atoms with van der Waals surface area (Å²) < 4.78 is 11.6. The molecule has 4 rings (SSSR count). The van der Waals surface area contributed by atoms with Crippen LogP contribution in [0.1, 0.15) is 37.2 Å². The van der Waals surface area contributed by atoms with Gasteiger partial charge in [-0.05, 0) is 61.4 Å². The van der Waals surface area contributed by atoms with Crippen LogP contribution in [0.3, 0.4) is 0 Å². The van der Waals surface area contributed by atoms with E-state index in [1.807, 2.05) is 12.1 Å². The maximum Gasteiger partial charge on any atom is 0.134 e. The molecule has 0 amide bonds. The van der Waals surface area contributed by atoms with Crippen molar-refractivity contribution in [3.05, 3.63) is 65.2 Å². The quantitative estimate of drug-likeness (QED) is 0.780. The summed E-state index contributed by atoms with van der Waals surface area (Å²) in [6, 6.07) is 18.6. The number of nitrogens with zero attached hydrogens (tertiary/aromatic N) is 1. The van der Waals surface area contributed by atoms with Gasteiger partial charge in [0.15, 0.2) is 0 Å². The van der Waals surface area contributed by atoms with E-state index in [1.165, 1.54) is 18.4 Å². The Labute approximate surface area is 178 Å². The fourth-order valence-corrected chi connectivity index (χ4v) is 4.72. The van der Waals surface area contributed by atoms with Crippen LogP contribution in [-0.4, -0.2) is 54.6 Å². The number of ether oxygens (including phenoxy) is 2. The molecule has 0 radical (unpaired) electrons. The lowest BCUT2D eigenvalue weighted by molar-refractivity contribution is -0.0683. The van der Waals surface area contributed by atoms with Crippen LogP contribution in [0.4, 0.5) is 0 Å². The molecule has 2 aromatic carbocycles. The zero-order valence-corrected chi connectivity index (χ0v) is 17.6. The van der Waals surface area contributed by atoms with Crippen molar-refractivity contribution >= 4 is 11.6 Å². The van der Waals surface area contributed by atoms with Gasteiger partial charge in [0.1, 0.15) is 18.0 Å². The van der Waals surface area contributed by atoms with Gasteiger partial charge in [0.25, 0.3) is 0 Å². The van der Waals surface area contributed by atoms with Crippen LogP contribution in [0.25, 0.3) is 0 Å². The van der Waals surface area contributed by atoms with E-state index in [9.17, 15) is 5.11 Å². The molecule has 1 saturated carbocycles. The minimum Gasteiger partial charge on any atom is -0.490 e. The minimum atomic E-state index is -1.01. The van der Waals surface area contributed by atoms with Gasteiger partial charge in [-0.1, -0.05) is 41.9 Å². The van der Waals surface area contributed by atoms with Crippen LogP contribution >= 0.6 is 11.6 Å². The Kier molecular flexibility index (Phi) is 6.76. The molecular formula is C24H30ClNO3. The number of benzene rings is 2. The number of β-amino-alcohol motifs (C(OH)–C–C–N with tert-alkyl or cyclic N) is 1. The molecule has 1 atom stereocenters. The zero-order chi connectivity index (χ0) is 20.1. The first-order chi connectivity index (χ1) is 14.1. The fraction of sp³-hybridized carbons (Fsp3) is 0.500. The Morgan fingerprint density at radius 2 is 1.76 bits per heavy atom. The molecule has 0 aromatic heterocycles. The predicted octanol–water partition coefficient (Wildman–Crippen LogP) is 4.51. The van der Waals surface area contributed by atoms with Crippen LogP contribution in [0.2, 0.25) is 5.02 Å². The minimum absolute atomic E-state index is 0.213. The van der Waals surface area contributed by atoms with Crippen LogP contribution in [-0.2, 0) is 4.74 Å². The summed E-state index contributed by atoms with van der Waals surface area (Å²) in [5.41, 5.74) is 0.449. The molecule has 5 heteroatoms. The highest BCUT2D eigenvalue weighted by atomic mass is 35.5. The van der Waals surface area contributed by atoms with Crippen LogP contribution in [0.5, 0.6) is 5.75 Å². The number of hydrogen-bond donors (Lipinski definition) is 1. The van der Waals surface area contributed by atoms with E-state index >= 15 is 0 Å². The molecule has 0 bridgehead atoms. The maximum atomic E-state index is 11.2. The normalized spacial score (nSPS) is 28.6. The van der Waals surface area contributed by atoms with Crippen molar-refractivity contribution in [3.8, 4) is 5.75 Å². The highest BCUT2D eigenvalue weighted by Crippen LogP contribution is 2.35. The van der Waals surface area contributed by atoms with E-state index in [4.69, 9.17) is 21.1 Å². The summed E-state index contributed by atoms with van der Waals surface area (Å²) in [5, 5.41) is 11.9. The van der Waals surface area contributed by atoms with E-state index in [0.717, 1.165) is 19.4 Å². The molecule has 156 valence electrons. The third-order valence-corrected chi connectivity index (χ3v) is 6.45. The smallest absolute Gasteiger partial charge is 0.134 e. The van der Waals surface area contributed by atoms with Crippen molar-refractivity contribution in [2.24, 2.45) is 0 Å². The molecule has 1 unspecified atom stereocenters. The molecule has 1 N–H and O–H groups in total. The standard InChI is InChI=1S/C24H30ClNO3/c25-21-8-12-23(13-9-21)29-18-24(27)16-26(14-15-28-17-24)22-10-6-20(7-11-22)19-4-2-1-3-5-19/h1-5,8-9,12-13,20,22,27H,6-7,10-11,14-18H2. The molecule has 29 heavy (non-hydrogen) atoms. The lowest BCUT2D eigenvalue weighted by Gasteiger charge is -2.39. The Bertz CT molecular complexity index is 761. The first-order valence-electron chi connectivity index (χ1n) is 10.6. The summed E-state index contributed by atoms with van der Waals surface area (Å²) in [4.78, 5) is 2.42. The molecular weight excluding hydrogens is 386 g/mol. The summed E-state index contributed by atoms with van der Waals surface area (Å²) >= 11 is 5.93. The second-order valence-corrected chi connectivity index (χ2v) is 8.84. The average Bonchev–Trinajstić information content (AvgIpc) is 2.96. The number of aliphatic hydroxyl groups is 1. The van der Waals surface area contributed by atoms with E-state index in [1.54, 1.807) is 12.1 Å². The van der Waals surface area contributed by atoms with Gasteiger partial charge in [0.2, 0.25) is 0 Å². The third-order valence-electron chi connectivity index (χ3n) is 6.20. The SMILES string of the molecule is OC1(COc2ccc(Cl)cc2)COCCN(C2CCC(c3ccccc3)CC2)C1. The van der Waals surface area contributed by atoms with E-state index in [2.05, 4.69) is 35.2 Å². The highest BCUT2D eigenvalue weighted by molar-refractivity contribution is 6.30. The fourth-order valence-electron chi connectivity index (χ4n) is 4.59. The molecule has 1 aliphatic heterocycles. The van der Waals surface area contributed by atoms with Gasteiger partial charge in [-0.3, -0.25) is 4.90 Å². The Hall–Kier alpha value is -1.59. The van der Waals surface area contributed by atoms with Crippen molar-refractivity contribution in [2.75, 3.05) is 32.9 Å². The second kappa shape index (κ2) is 9.48. The molecule has 2 fully saturated rings. The molecule has 1 aliphatic carbocycles. The second-order valence-electron chi connectivity index (χ2n) is 8.41. The average molecular weight is 416 g/mol. The molecule has 0 spiro atoms. The summed E-state index contributed by atoms with van der Waals surface area (Å²) in [5.74, 6) is 1.37. The van der Waals surface area contributed by atoms with Gasteiger partial charge in [-0.2, -0.15) is 0 Å². The first-order valence-corrected chi connectivity index (χ1v) is 11.0. The number of halogens is 1. The van der Waals surface area contributed by atoms with Crippen molar-refractivity contribution in [3.63, 3.8) is 0 Å². The van der Waals surface area contributed by atoms with Crippen molar-refractivity contribution < 1.29 is 14.6 Å². The van der Waals surface area contributed by atoms with Gasteiger partial charge < -0.3 is 14.6 Å². The largest absolute Gasteiger partial charge is 0.490 e. The Morgan fingerprint density at radius 1 is 1.03 bits per heavy atom. The lowest BCUT2D eigenvalue weighted by atomic mass is 9.81. The summed E-state index contributed by atoms with van der Waals surface area (Å²) in [6.45, 7) is 2.62. The molecule has 2 aromatic rings. The van der Waals surface area contributed by atoms with Gasteiger partial charge in [0.05, 0.1) is 13.2 Å². The Morgan fingerprint density at radius 3 is 2.48 bits per heavy atom. The molecule has 1 heterocycles. The summed E-state index contributed by atoms with van der Waals surface area (Å²) in [6.07, 6.45) is 4.72. The van der Waals surface area contributed by atoms with Crippen molar-refractivity contribution in [1.29, 1.82) is 0 Å². The van der Waals surface area contributed by atoms with Crippen molar-refractivity contribution in [1.82, 2.24) is 4.90 Å². The van der Waals surface area contributed by atoms with Gasteiger partial charge in [-0.15, -0.1) is 0 Å². The highest BCUT2D eigenvalue weighted by Gasteiger charge is 2.37. The van der Waals surface area contributed by atoms with E-state index in [0.29, 0.717) is 42.5 Å². The maximum absolute atomic E-state index is 11.2. The lowest BCUT2D eigenvalue weighted by Crippen LogP contribution is -2.52. The number of rotatable bonds is 5. The molecule has 1 saturated heterocycles. The van der Waals surface area contributed by atoms with Crippen LogP contribution in [0.15, 0.2) is 54.6 Å². The molecule has 4 nitrogen and oxygen atoms in total. The van der Waals surface area contributed by atoms with Crippen LogP contribution in [0, 0.1) is 0 Å². The third kappa shape index (κ3) is 5.52. The van der Waals surface area contributed by atoms with Crippen molar-refractivity contribution in [2.45, 2.75) is 43.2 Å². The number of hydrogen-bond acceptors (Lipinski definition) is 4. The summed E-state index contributed by atoms with van der Waals surface area (Å²) in [7, 11) is 0. The van der Waals surface area contributed by atoms with E-state index < -0.39 is 5.60 Å². The monoisotopic (exact) mass is 415 g/mol. The topological polar surface area (TPSA) is 41.9 Å². The predicted molar refractivity (Wildman–Crippen MR) is 116 cm³/mol. The van der Waals surface area contributed by atoms with Gasteiger partial charge in [0, 0.05) is 24.2 Å². The van der Waals surface area contributed by atoms with Gasteiger partial charge in [-0.25, -0.2) is 0 Å². The van der Waals surface area contributed by atoms with Gasteiger partial charge >= 0.3 is 0 Å². The molecule has 2 aliphatic rings. The van der Waals surface area contributed by atoms with E-state index in [-0.39, 0.29) is 6.61 Å².